The molecule has 0 radical (unpaired) electrons. The van der Waals surface area contributed by atoms with E-state index in [1.807, 2.05) is 25.1 Å². The zero-order chi connectivity index (χ0) is 15.5. The zero-order valence-electron chi connectivity index (χ0n) is 13.2. The summed E-state index contributed by atoms with van der Waals surface area (Å²) in [5.74, 6) is 0.646. The largest absolute Gasteiger partial charge is 0.497 e. The average molecular weight is 337 g/mol. The number of fused-ring (bicyclic) bond motifs is 1. The molecule has 1 aromatic heterocycles. The van der Waals surface area contributed by atoms with E-state index in [9.17, 15) is 4.79 Å². The fourth-order valence-electron chi connectivity index (χ4n) is 2.72. The Morgan fingerprint density at radius 3 is 3.00 bits per heavy atom. The van der Waals surface area contributed by atoms with Gasteiger partial charge in [0.15, 0.2) is 5.69 Å². The number of carbonyl (C=O) groups excluding carboxylic acids is 1. The first kappa shape index (κ1) is 17.3. The molecule has 0 atom stereocenters. The van der Waals surface area contributed by atoms with Crippen LogP contribution in [0.5, 0.6) is 5.75 Å². The summed E-state index contributed by atoms with van der Waals surface area (Å²) in [7, 11) is 1.64. The van der Waals surface area contributed by atoms with Crippen LogP contribution in [0.2, 0.25) is 0 Å². The van der Waals surface area contributed by atoms with Gasteiger partial charge in [-0.05, 0) is 30.2 Å². The summed E-state index contributed by atoms with van der Waals surface area (Å²) in [5.41, 5.74) is 4.63. The van der Waals surface area contributed by atoms with Gasteiger partial charge in [-0.3, -0.25) is 9.89 Å². The number of nitrogens with zero attached hydrogens (tertiary/aromatic N) is 1. The first-order valence-electron chi connectivity index (χ1n) is 7.37. The Labute approximate surface area is 141 Å². The van der Waals surface area contributed by atoms with E-state index in [1.165, 1.54) is 0 Å². The first-order chi connectivity index (χ1) is 10.7. The summed E-state index contributed by atoms with van der Waals surface area (Å²) in [6, 6.07) is 5.92. The van der Waals surface area contributed by atoms with Crippen molar-refractivity contribution in [2.24, 2.45) is 0 Å². The highest BCUT2D eigenvalue weighted by molar-refractivity contribution is 5.94. The van der Waals surface area contributed by atoms with Crippen molar-refractivity contribution in [1.82, 2.24) is 20.8 Å². The van der Waals surface area contributed by atoms with Crippen LogP contribution < -0.4 is 15.4 Å². The lowest BCUT2D eigenvalue weighted by molar-refractivity contribution is 0.0944. The number of carbonyl (C=O) groups is 1. The molecular weight excluding hydrogens is 316 g/mol. The molecule has 1 aromatic carbocycles. The molecule has 2 heterocycles. The topological polar surface area (TPSA) is 79.0 Å². The minimum absolute atomic E-state index is 0. The zero-order valence-corrected chi connectivity index (χ0v) is 14.0. The Morgan fingerprint density at radius 2 is 2.22 bits per heavy atom. The number of aromatic amines is 1. The normalized spacial score (nSPS) is 13.0. The predicted molar refractivity (Wildman–Crippen MR) is 90.1 cm³/mol. The number of aryl methyl sites for hydroxylation is 1. The average Bonchev–Trinajstić information content (AvgIpc) is 2.96. The van der Waals surface area contributed by atoms with E-state index in [0.29, 0.717) is 18.8 Å². The molecule has 3 N–H and O–H groups in total. The van der Waals surface area contributed by atoms with Crippen molar-refractivity contribution in [1.29, 1.82) is 0 Å². The van der Waals surface area contributed by atoms with Gasteiger partial charge in [-0.2, -0.15) is 5.10 Å². The number of nitrogens with one attached hydrogen (secondary N) is 3. The summed E-state index contributed by atoms with van der Waals surface area (Å²) < 4.78 is 5.25. The van der Waals surface area contributed by atoms with Crippen LogP contribution in [-0.2, 0) is 19.5 Å². The molecule has 2 aromatic rings. The molecule has 0 fully saturated rings. The highest BCUT2D eigenvalue weighted by Gasteiger charge is 2.21. The number of ether oxygens (including phenoxy) is 1. The maximum Gasteiger partial charge on any atom is 0.272 e. The van der Waals surface area contributed by atoms with Gasteiger partial charge in [0.25, 0.3) is 5.91 Å². The lowest BCUT2D eigenvalue weighted by Gasteiger charge is -2.13. The fourth-order valence-corrected chi connectivity index (χ4v) is 2.72. The number of methoxy groups -OCH3 is 1. The predicted octanol–water partition coefficient (Wildman–Crippen LogP) is 1.72. The van der Waals surface area contributed by atoms with Crippen LogP contribution >= 0.6 is 12.4 Å². The molecule has 1 amide bonds. The van der Waals surface area contributed by atoms with Crippen LogP contribution in [0.1, 0.15) is 32.9 Å². The molecule has 0 saturated carbocycles. The quantitative estimate of drug-likeness (QED) is 0.794. The van der Waals surface area contributed by atoms with E-state index >= 15 is 0 Å². The van der Waals surface area contributed by atoms with Crippen molar-refractivity contribution in [3.05, 3.63) is 46.3 Å². The van der Waals surface area contributed by atoms with Crippen LogP contribution in [-0.4, -0.2) is 29.8 Å². The van der Waals surface area contributed by atoms with Crippen LogP contribution in [0.25, 0.3) is 0 Å². The molecule has 6 nitrogen and oxygen atoms in total. The smallest absolute Gasteiger partial charge is 0.272 e. The first-order valence-corrected chi connectivity index (χ1v) is 7.37. The van der Waals surface area contributed by atoms with Crippen LogP contribution in [0, 0.1) is 6.92 Å². The Kier molecular flexibility index (Phi) is 5.63. The molecule has 0 aliphatic carbocycles. The summed E-state index contributed by atoms with van der Waals surface area (Å²) in [6.07, 6.45) is 0.880. The van der Waals surface area contributed by atoms with E-state index in [0.717, 1.165) is 41.1 Å². The number of amides is 1. The van der Waals surface area contributed by atoms with Crippen LogP contribution in [0.3, 0.4) is 0 Å². The second kappa shape index (κ2) is 7.48. The Hall–Kier alpha value is -2.05. The Morgan fingerprint density at radius 1 is 1.39 bits per heavy atom. The maximum atomic E-state index is 12.3. The fraction of sp³-hybridized carbons (Fsp3) is 0.375. The minimum atomic E-state index is -0.151. The third kappa shape index (κ3) is 3.83. The Bertz CT molecular complexity index is 699. The van der Waals surface area contributed by atoms with Gasteiger partial charge in [0.1, 0.15) is 5.75 Å². The molecular formula is C16H21ClN4O2. The maximum absolute atomic E-state index is 12.3. The van der Waals surface area contributed by atoms with E-state index < -0.39 is 0 Å². The standard InChI is InChI=1S/C16H20N4O2.ClH/c1-10-5-11(7-12(6-10)22-2)8-18-16(21)15-13-9-17-4-3-14(13)19-20-15;/h5-7,17H,3-4,8-9H2,1-2H3,(H,18,21)(H,19,20);1H. The van der Waals surface area contributed by atoms with Crippen molar-refractivity contribution in [2.45, 2.75) is 26.4 Å². The second-order valence-corrected chi connectivity index (χ2v) is 5.50. The second-order valence-electron chi connectivity index (χ2n) is 5.50. The lowest BCUT2D eigenvalue weighted by Crippen LogP contribution is -2.28. The molecule has 0 saturated heterocycles. The van der Waals surface area contributed by atoms with E-state index in [-0.39, 0.29) is 18.3 Å². The van der Waals surface area contributed by atoms with Gasteiger partial charge >= 0.3 is 0 Å². The van der Waals surface area contributed by atoms with E-state index in [1.54, 1.807) is 7.11 Å². The number of hydrogen-bond acceptors (Lipinski definition) is 4. The SMILES string of the molecule is COc1cc(C)cc(CNC(=O)c2n[nH]c3c2CNCC3)c1.Cl. The third-order valence-electron chi connectivity index (χ3n) is 3.82. The molecule has 124 valence electrons. The molecule has 0 bridgehead atoms. The van der Waals surface area contributed by atoms with Crippen LogP contribution in [0.4, 0.5) is 0 Å². The number of H-pyrrole nitrogens is 1. The summed E-state index contributed by atoms with van der Waals surface area (Å²) in [4.78, 5) is 12.3. The highest BCUT2D eigenvalue weighted by atomic mass is 35.5. The van der Waals surface area contributed by atoms with Gasteiger partial charge in [-0.1, -0.05) is 6.07 Å². The molecule has 7 heteroatoms. The monoisotopic (exact) mass is 336 g/mol. The number of hydrogen-bond donors (Lipinski definition) is 3. The highest BCUT2D eigenvalue weighted by Crippen LogP contribution is 2.17. The third-order valence-corrected chi connectivity index (χ3v) is 3.82. The number of rotatable bonds is 4. The summed E-state index contributed by atoms with van der Waals surface area (Å²) in [5, 5.41) is 13.3. The van der Waals surface area contributed by atoms with Crippen LogP contribution in [0.15, 0.2) is 18.2 Å². The lowest BCUT2D eigenvalue weighted by atomic mass is 10.1. The summed E-state index contributed by atoms with van der Waals surface area (Å²) >= 11 is 0. The van der Waals surface area contributed by atoms with Gasteiger partial charge < -0.3 is 15.4 Å². The van der Waals surface area contributed by atoms with Crippen molar-refractivity contribution < 1.29 is 9.53 Å². The van der Waals surface area contributed by atoms with Gasteiger partial charge in [0.2, 0.25) is 0 Å². The minimum Gasteiger partial charge on any atom is -0.497 e. The van der Waals surface area contributed by atoms with Crippen molar-refractivity contribution in [3.63, 3.8) is 0 Å². The van der Waals surface area contributed by atoms with Gasteiger partial charge in [0.05, 0.1) is 7.11 Å². The van der Waals surface area contributed by atoms with Crippen molar-refractivity contribution in [2.75, 3.05) is 13.7 Å². The van der Waals surface area contributed by atoms with Crippen molar-refractivity contribution >= 4 is 18.3 Å². The van der Waals surface area contributed by atoms with Crippen molar-refractivity contribution in [3.8, 4) is 5.75 Å². The summed E-state index contributed by atoms with van der Waals surface area (Å²) in [6.45, 7) is 4.06. The van der Waals surface area contributed by atoms with Gasteiger partial charge in [-0.25, -0.2) is 0 Å². The van der Waals surface area contributed by atoms with E-state index in [4.69, 9.17) is 4.74 Å². The molecule has 23 heavy (non-hydrogen) atoms. The number of aromatic nitrogens is 2. The molecule has 3 rings (SSSR count). The molecule has 0 unspecified atom stereocenters. The molecule has 1 aliphatic rings. The molecule has 1 aliphatic heterocycles. The van der Waals surface area contributed by atoms with E-state index in [2.05, 4.69) is 20.8 Å². The molecule has 0 spiro atoms. The van der Waals surface area contributed by atoms with Gasteiger partial charge in [-0.15, -0.1) is 12.4 Å². The van der Waals surface area contributed by atoms with Gasteiger partial charge in [0, 0.05) is 37.3 Å². The Balaban J connectivity index is 0.00000192. The number of benzene rings is 1. The number of halogens is 1.